The monoisotopic (exact) mass is 298 g/mol. The first-order valence-electron chi connectivity index (χ1n) is 6.98. The maximum absolute atomic E-state index is 12.5. The molecule has 0 aromatic rings. The number of hydrogen-bond acceptors (Lipinski definition) is 4. The number of fused-ring (bicyclic) bond motifs is 1. The molecule has 0 radical (unpaired) electrons. The molecule has 0 aromatic heterocycles. The number of likely N-dealkylation sites (tertiary alicyclic amines) is 1. The molecule has 3 aliphatic rings. The maximum atomic E-state index is 12.5. The van der Waals surface area contributed by atoms with Gasteiger partial charge in [0.2, 0.25) is 0 Å². The quantitative estimate of drug-likeness (QED) is 0.536. The predicted octanol–water partition coefficient (Wildman–Crippen LogP) is -1.66. The number of carbonyl (C=O) groups is 3. The predicted molar refractivity (Wildman–Crippen MR) is 69.6 cm³/mol. The van der Waals surface area contributed by atoms with Crippen molar-refractivity contribution >= 4 is 18.0 Å². The molecule has 3 rings (SSSR count). The molecular formula is C12H18N4O5. The Bertz CT molecular complexity index is 484. The van der Waals surface area contributed by atoms with Gasteiger partial charge in [-0.05, 0) is 0 Å². The van der Waals surface area contributed by atoms with E-state index in [2.05, 4.69) is 5.32 Å². The molecule has 3 saturated heterocycles. The standard InChI is InChI=1S/C12H18N4O5/c17-8-3-9(10(18)19)16(6-8)12(21)14-1-2-15-7(5-14)4-13-11(15)20/h7-9,17H,1-6H2,(H,13,20)(H,18,19)/t7?,8-,9+/m1/s1. The zero-order chi connectivity index (χ0) is 15.1. The summed E-state index contributed by atoms with van der Waals surface area (Å²) in [7, 11) is 0. The lowest BCUT2D eigenvalue weighted by Gasteiger charge is -2.38. The number of urea groups is 2. The molecule has 0 spiro atoms. The number of β-amino-alcohol motifs (C(OH)–C–C–N with tert-alkyl or cyclic N) is 1. The van der Waals surface area contributed by atoms with Crippen LogP contribution in [0.1, 0.15) is 6.42 Å². The zero-order valence-electron chi connectivity index (χ0n) is 11.4. The van der Waals surface area contributed by atoms with Crippen LogP contribution >= 0.6 is 0 Å². The Morgan fingerprint density at radius 1 is 1.24 bits per heavy atom. The van der Waals surface area contributed by atoms with E-state index in [-0.39, 0.29) is 31.1 Å². The molecule has 0 aliphatic carbocycles. The Kier molecular flexibility index (Phi) is 3.36. The summed E-state index contributed by atoms with van der Waals surface area (Å²) < 4.78 is 0. The highest BCUT2D eigenvalue weighted by atomic mass is 16.4. The second kappa shape index (κ2) is 5.06. The van der Waals surface area contributed by atoms with Crippen molar-refractivity contribution in [3.8, 4) is 0 Å². The number of carboxylic acid groups (broad SMARTS) is 1. The first-order chi connectivity index (χ1) is 9.97. The lowest BCUT2D eigenvalue weighted by atomic mass is 10.2. The molecule has 9 heteroatoms. The molecule has 1 unspecified atom stereocenters. The Morgan fingerprint density at radius 3 is 2.71 bits per heavy atom. The summed E-state index contributed by atoms with van der Waals surface area (Å²) >= 11 is 0. The van der Waals surface area contributed by atoms with E-state index in [1.165, 1.54) is 4.90 Å². The van der Waals surface area contributed by atoms with Gasteiger partial charge in [0.1, 0.15) is 6.04 Å². The van der Waals surface area contributed by atoms with Crippen LogP contribution in [0.5, 0.6) is 0 Å². The van der Waals surface area contributed by atoms with Crippen LogP contribution in [0.2, 0.25) is 0 Å². The van der Waals surface area contributed by atoms with E-state index in [1.54, 1.807) is 9.80 Å². The Labute approximate surface area is 121 Å². The molecule has 21 heavy (non-hydrogen) atoms. The van der Waals surface area contributed by atoms with E-state index in [4.69, 9.17) is 5.11 Å². The number of nitrogens with one attached hydrogen (secondary N) is 1. The molecule has 0 aromatic carbocycles. The minimum atomic E-state index is -1.10. The second-order valence-corrected chi connectivity index (χ2v) is 5.66. The van der Waals surface area contributed by atoms with Crippen molar-refractivity contribution in [2.75, 3.05) is 32.7 Å². The summed E-state index contributed by atoms with van der Waals surface area (Å²) in [6.45, 7) is 1.74. The van der Waals surface area contributed by atoms with E-state index < -0.39 is 18.1 Å². The third kappa shape index (κ3) is 2.37. The number of hydrogen-bond donors (Lipinski definition) is 3. The summed E-state index contributed by atoms with van der Waals surface area (Å²) in [5.74, 6) is -1.10. The van der Waals surface area contributed by atoms with Gasteiger partial charge in [0.15, 0.2) is 0 Å². The van der Waals surface area contributed by atoms with Gasteiger partial charge in [-0.2, -0.15) is 0 Å². The van der Waals surface area contributed by atoms with Crippen LogP contribution in [-0.2, 0) is 4.79 Å². The van der Waals surface area contributed by atoms with Crippen molar-refractivity contribution in [1.82, 2.24) is 20.0 Å². The highest BCUT2D eigenvalue weighted by Crippen LogP contribution is 2.22. The fourth-order valence-corrected chi connectivity index (χ4v) is 3.22. The molecule has 0 bridgehead atoms. The molecule has 3 aliphatic heterocycles. The van der Waals surface area contributed by atoms with Crippen LogP contribution in [0, 0.1) is 0 Å². The van der Waals surface area contributed by atoms with Crippen LogP contribution in [0.25, 0.3) is 0 Å². The molecule has 116 valence electrons. The maximum Gasteiger partial charge on any atom is 0.326 e. The number of nitrogens with zero attached hydrogens (tertiary/aromatic N) is 3. The summed E-state index contributed by atoms with van der Waals surface area (Å²) in [4.78, 5) is 39.7. The van der Waals surface area contributed by atoms with Gasteiger partial charge in [-0.25, -0.2) is 14.4 Å². The third-order valence-corrected chi connectivity index (χ3v) is 4.31. The molecular weight excluding hydrogens is 280 g/mol. The summed E-state index contributed by atoms with van der Waals surface area (Å²) in [5, 5.41) is 21.5. The topological polar surface area (TPSA) is 113 Å². The van der Waals surface area contributed by atoms with Crippen LogP contribution in [0.15, 0.2) is 0 Å². The highest BCUT2D eigenvalue weighted by molar-refractivity contribution is 5.84. The SMILES string of the molecule is O=C(O)[C@@H]1C[C@@H](O)CN1C(=O)N1CCN2C(=O)NCC2C1. The number of piperazine rings is 1. The molecule has 9 nitrogen and oxygen atoms in total. The van der Waals surface area contributed by atoms with Gasteiger partial charge in [-0.15, -0.1) is 0 Å². The van der Waals surface area contributed by atoms with Gasteiger partial charge in [-0.3, -0.25) is 0 Å². The zero-order valence-corrected chi connectivity index (χ0v) is 11.4. The average Bonchev–Trinajstić information content (AvgIpc) is 3.01. The van der Waals surface area contributed by atoms with Crippen molar-refractivity contribution in [3.05, 3.63) is 0 Å². The number of amides is 4. The van der Waals surface area contributed by atoms with Gasteiger partial charge in [-0.1, -0.05) is 0 Å². The number of aliphatic carboxylic acids is 1. The number of carbonyl (C=O) groups excluding carboxylic acids is 2. The van der Waals surface area contributed by atoms with E-state index >= 15 is 0 Å². The van der Waals surface area contributed by atoms with Crippen molar-refractivity contribution in [2.24, 2.45) is 0 Å². The number of rotatable bonds is 1. The summed E-state index contributed by atoms with van der Waals surface area (Å²) in [6.07, 6.45) is -0.740. The largest absolute Gasteiger partial charge is 0.480 e. The Morgan fingerprint density at radius 2 is 2.00 bits per heavy atom. The van der Waals surface area contributed by atoms with Crippen LogP contribution in [0.3, 0.4) is 0 Å². The smallest absolute Gasteiger partial charge is 0.326 e. The molecule has 3 N–H and O–H groups in total. The fraction of sp³-hybridized carbons (Fsp3) is 0.750. The number of aliphatic hydroxyl groups is 1. The summed E-state index contributed by atoms with van der Waals surface area (Å²) in [5.41, 5.74) is 0. The van der Waals surface area contributed by atoms with Crippen molar-refractivity contribution in [2.45, 2.75) is 24.6 Å². The van der Waals surface area contributed by atoms with Gasteiger partial charge in [0.25, 0.3) is 0 Å². The Hall–Kier alpha value is -2.03. The van der Waals surface area contributed by atoms with Gasteiger partial charge in [0, 0.05) is 39.1 Å². The van der Waals surface area contributed by atoms with E-state index in [0.717, 1.165) is 0 Å². The minimum absolute atomic E-state index is 0.0395. The van der Waals surface area contributed by atoms with E-state index in [0.29, 0.717) is 26.2 Å². The molecule has 3 heterocycles. The molecule has 4 amide bonds. The fourth-order valence-electron chi connectivity index (χ4n) is 3.22. The lowest BCUT2D eigenvalue weighted by molar-refractivity contribution is -0.141. The van der Waals surface area contributed by atoms with Crippen molar-refractivity contribution in [3.63, 3.8) is 0 Å². The number of aliphatic hydroxyl groups excluding tert-OH is 1. The van der Waals surface area contributed by atoms with E-state index in [9.17, 15) is 19.5 Å². The highest BCUT2D eigenvalue weighted by Gasteiger charge is 2.43. The van der Waals surface area contributed by atoms with Gasteiger partial charge in [0.05, 0.1) is 12.1 Å². The van der Waals surface area contributed by atoms with Crippen molar-refractivity contribution in [1.29, 1.82) is 0 Å². The third-order valence-electron chi connectivity index (χ3n) is 4.31. The van der Waals surface area contributed by atoms with Crippen LogP contribution in [-0.4, -0.2) is 93.9 Å². The lowest BCUT2D eigenvalue weighted by Crippen LogP contribution is -2.57. The normalized spacial score (nSPS) is 32.1. The molecule has 3 fully saturated rings. The van der Waals surface area contributed by atoms with Crippen molar-refractivity contribution < 1.29 is 24.6 Å². The average molecular weight is 298 g/mol. The first kappa shape index (κ1) is 13.9. The Balaban J connectivity index is 1.68. The summed E-state index contributed by atoms with van der Waals surface area (Å²) in [6, 6.07) is -1.54. The van der Waals surface area contributed by atoms with Crippen LogP contribution < -0.4 is 5.32 Å². The molecule has 0 saturated carbocycles. The molecule has 3 atom stereocenters. The second-order valence-electron chi connectivity index (χ2n) is 5.66. The first-order valence-corrected chi connectivity index (χ1v) is 6.98. The van der Waals surface area contributed by atoms with E-state index in [1.807, 2.05) is 0 Å². The van der Waals surface area contributed by atoms with Gasteiger partial charge >= 0.3 is 18.0 Å². The minimum Gasteiger partial charge on any atom is -0.480 e. The van der Waals surface area contributed by atoms with Gasteiger partial charge < -0.3 is 30.2 Å². The number of carboxylic acids is 1. The van der Waals surface area contributed by atoms with Crippen LogP contribution in [0.4, 0.5) is 9.59 Å².